The second-order valence-electron chi connectivity index (χ2n) is 6.81. The summed E-state index contributed by atoms with van der Waals surface area (Å²) in [5, 5.41) is 2.08. The Bertz CT molecular complexity index is 981. The first-order valence-corrected chi connectivity index (χ1v) is 8.28. The average molecular weight is 305 g/mol. The molecule has 4 heteroatoms. The van der Waals surface area contributed by atoms with E-state index in [9.17, 15) is 4.79 Å². The summed E-state index contributed by atoms with van der Waals surface area (Å²) in [7, 11) is 2.00. The molecule has 0 bridgehead atoms. The number of hydrogen-bond acceptors (Lipinski definition) is 3. The number of nitrogens with one attached hydrogen (secondary N) is 1. The van der Waals surface area contributed by atoms with Crippen LogP contribution in [0.2, 0.25) is 0 Å². The van der Waals surface area contributed by atoms with Crippen LogP contribution in [-0.4, -0.2) is 25.1 Å². The molecule has 5 rings (SSSR count). The highest BCUT2D eigenvalue weighted by atomic mass is 16.1. The van der Waals surface area contributed by atoms with E-state index in [0.717, 1.165) is 46.4 Å². The first kappa shape index (κ1) is 13.0. The largest absolute Gasteiger partial charge is 0.367 e. The number of aromatic nitrogens is 1. The van der Waals surface area contributed by atoms with Crippen LogP contribution in [0.1, 0.15) is 12.8 Å². The molecule has 0 aromatic heterocycles. The number of nitrogens with zero attached hydrogens (tertiary/aromatic N) is 2. The molecule has 1 fully saturated rings. The van der Waals surface area contributed by atoms with Crippen LogP contribution in [0.5, 0.6) is 0 Å². The highest BCUT2D eigenvalue weighted by Crippen LogP contribution is 2.37. The number of aromatic amines is 1. The van der Waals surface area contributed by atoms with Gasteiger partial charge < -0.3 is 14.8 Å². The minimum atomic E-state index is 0.0174. The van der Waals surface area contributed by atoms with Gasteiger partial charge in [-0.1, -0.05) is 12.1 Å². The molecule has 2 aliphatic carbocycles. The van der Waals surface area contributed by atoms with Gasteiger partial charge in [0.1, 0.15) is 0 Å². The van der Waals surface area contributed by atoms with Gasteiger partial charge in [0.2, 0.25) is 0 Å². The molecule has 0 atom stereocenters. The zero-order valence-electron chi connectivity index (χ0n) is 13.2. The predicted molar refractivity (Wildman–Crippen MR) is 94.3 cm³/mol. The Labute approximate surface area is 134 Å². The van der Waals surface area contributed by atoms with Gasteiger partial charge in [-0.15, -0.1) is 0 Å². The summed E-state index contributed by atoms with van der Waals surface area (Å²) in [6.45, 7) is 1.97. The Morgan fingerprint density at radius 3 is 2.96 bits per heavy atom. The van der Waals surface area contributed by atoms with Gasteiger partial charge in [0.25, 0.3) is 5.56 Å². The van der Waals surface area contributed by atoms with Crippen molar-refractivity contribution in [1.82, 2.24) is 4.98 Å². The zero-order chi connectivity index (χ0) is 15.6. The first-order valence-electron chi connectivity index (χ1n) is 8.28. The van der Waals surface area contributed by atoms with Crippen LogP contribution in [0.3, 0.4) is 0 Å². The van der Waals surface area contributed by atoms with E-state index in [4.69, 9.17) is 0 Å². The van der Waals surface area contributed by atoms with Crippen molar-refractivity contribution < 1.29 is 0 Å². The zero-order valence-corrected chi connectivity index (χ0v) is 13.2. The predicted octanol–water partition coefficient (Wildman–Crippen LogP) is 1.23. The molecule has 116 valence electrons. The van der Waals surface area contributed by atoms with Crippen molar-refractivity contribution in [3.05, 3.63) is 45.3 Å². The Kier molecular flexibility index (Phi) is 2.55. The second kappa shape index (κ2) is 4.51. The minimum Gasteiger partial charge on any atom is -0.367 e. The Hall–Kier alpha value is -2.49. The van der Waals surface area contributed by atoms with Gasteiger partial charge in [0.05, 0.1) is 11.3 Å². The van der Waals surface area contributed by atoms with E-state index in [1.165, 1.54) is 18.5 Å². The lowest BCUT2D eigenvalue weighted by Gasteiger charge is -2.27. The fraction of sp³-hybridized carbons (Fsp3) is 0.316. The van der Waals surface area contributed by atoms with Crippen LogP contribution < -0.4 is 25.9 Å². The second-order valence-corrected chi connectivity index (χ2v) is 6.81. The van der Waals surface area contributed by atoms with Crippen molar-refractivity contribution >= 4 is 23.5 Å². The van der Waals surface area contributed by atoms with E-state index in [2.05, 4.69) is 34.2 Å². The number of H-pyrrole nitrogens is 1. The molecule has 0 aromatic rings. The highest BCUT2D eigenvalue weighted by molar-refractivity contribution is 5.91. The number of anilines is 2. The maximum Gasteiger partial charge on any atom is 0.258 e. The number of hydrogen-bond donors (Lipinski definition) is 1. The normalized spacial score (nSPS) is 18.7. The summed E-state index contributed by atoms with van der Waals surface area (Å²) in [4.78, 5) is 20.2. The van der Waals surface area contributed by atoms with Crippen LogP contribution >= 0.6 is 0 Å². The Morgan fingerprint density at radius 1 is 1.26 bits per heavy atom. The van der Waals surface area contributed by atoms with Crippen molar-refractivity contribution in [2.24, 2.45) is 5.92 Å². The molecule has 0 unspecified atom stereocenters. The molecule has 1 saturated carbocycles. The minimum absolute atomic E-state index is 0.0174. The number of rotatable bonds is 2. The molecule has 0 spiro atoms. The molecule has 0 saturated heterocycles. The van der Waals surface area contributed by atoms with Crippen molar-refractivity contribution in [2.75, 3.05) is 29.9 Å². The van der Waals surface area contributed by atoms with E-state index in [-0.39, 0.29) is 5.56 Å². The smallest absolute Gasteiger partial charge is 0.258 e. The van der Waals surface area contributed by atoms with Crippen molar-refractivity contribution in [3.63, 3.8) is 0 Å². The maximum atomic E-state index is 12.7. The quantitative estimate of drug-likeness (QED) is 0.907. The van der Waals surface area contributed by atoms with Gasteiger partial charge in [-0.05, 0) is 42.2 Å². The van der Waals surface area contributed by atoms with Gasteiger partial charge in [-0.2, -0.15) is 0 Å². The van der Waals surface area contributed by atoms with Crippen LogP contribution in [0, 0.1) is 5.92 Å². The molecule has 0 radical (unpaired) electrons. The van der Waals surface area contributed by atoms with Gasteiger partial charge in [0, 0.05) is 42.9 Å². The molecule has 0 aromatic carbocycles. The van der Waals surface area contributed by atoms with E-state index >= 15 is 0 Å². The Morgan fingerprint density at radius 2 is 2.13 bits per heavy atom. The fourth-order valence-electron chi connectivity index (χ4n) is 3.83. The molecule has 0 amide bonds. The molecular formula is C19H19N3O. The molecule has 5 aliphatic rings. The van der Waals surface area contributed by atoms with Crippen LogP contribution in [0.4, 0.5) is 11.4 Å². The third-order valence-corrected chi connectivity index (χ3v) is 5.15. The topological polar surface area (TPSA) is 39.3 Å². The number of fused-ring (bicyclic) bond motifs is 2. The molecule has 4 nitrogen and oxygen atoms in total. The first-order chi connectivity index (χ1) is 11.2. The molecule has 23 heavy (non-hydrogen) atoms. The van der Waals surface area contributed by atoms with Crippen molar-refractivity contribution in [1.29, 1.82) is 0 Å². The van der Waals surface area contributed by atoms with Gasteiger partial charge in [-0.3, -0.25) is 4.79 Å². The SMILES string of the molecule is CN1C=CC=c2ccc3c4c([nH]c(=O)c-4c21)=CCN3CC1CC1. The maximum absolute atomic E-state index is 12.7. The van der Waals surface area contributed by atoms with Crippen LogP contribution in [0.25, 0.3) is 23.3 Å². The van der Waals surface area contributed by atoms with E-state index in [1.807, 2.05) is 24.2 Å². The summed E-state index contributed by atoms with van der Waals surface area (Å²) in [6, 6.07) is 4.34. The number of allylic oxidation sites excluding steroid dienone is 1. The van der Waals surface area contributed by atoms with Crippen LogP contribution in [0.15, 0.2) is 29.2 Å². The highest BCUT2D eigenvalue weighted by Gasteiger charge is 2.30. The third-order valence-electron chi connectivity index (χ3n) is 5.15. The van der Waals surface area contributed by atoms with Crippen molar-refractivity contribution in [3.8, 4) is 11.1 Å². The third kappa shape index (κ3) is 1.87. The summed E-state index contributed by atoms with van der Waals surface area (Å²) in [5.74, 6) is 0.821. The summed E-state index contributed by atoms with van der Waals surface area (Å²) in [5.41, 5.74) is 4.11. The Balaban J connectivity index is 1.83. The molecular weight excluding hydrogens is 286 g/mol. The van der Waals surface area contributed by atoms with E-state index in [1.54, 1.807) is 0 Å². The average Bonchev–Trinajstić information content (AvgIpc) is 3.30. The van der Waals surface area contributed by atoms with Crippen LogP contribution in [-0.2, 0) is 0 Å². The fourth-order valence-corrected chi connectivity index (χ4v) is 3.83. The van der Waals surface area contributed by atoms with E-state index < -0.39 is 0 Å². The van der Waals surface area contributed by atoms with Gasteiger partial charge in [-0.25, -0.2) is 0 Å². The van der Waals surface area contributed by atoms with Crippen molar-refractivity contribution in [2.45, 2.75) is 12.8 Å². The molecule has 3 aliphatic heterocycles. The summed E-state index contributed by atoms with van der Waals surface area (Å²) < 4.78 is 0. The molecule has 1 N–H and O–H groups in total. The lowest BCUT2D eigenvalue weighted by Crippen LogP contribution is -2.31. The summed E-state index contributed by atoms with van der Waals surface area (Å²) >= 11 is 0. The molecule has 3 heterocycles. The standard InChI is InChI=1S/C19H19N3O/c1-21-9-2-3-13-6-7-15-16-14(20-19(23)17(16)18(13)21)8-10-22(15)11-12-4-5-12/h2-3,6-9,12H,4-5,10-11H2,1H3,(H,20,23). The van der Waals surface area contributed by atoms with Gasteiger partial charge >= 0.3 is 0 Å². The monoisotopic (exact) mass is 305 g/mol. The lowest BCUT2D eigenvalue weighted by molar-refractivity contribution is 0.765. The van der Waals surface area contributed by atoms with Gasteiger partial charge in [0.15, 0.2) is 0 Å². The summed E-state index contributed by atoms with van der Waals surface area (Å²) in [6.07, 6.45) is 10.9. The van der Waals surface area contributed by atoms with E-state index in [0.29, 0.717) is 0 Å². The lowest BCUT2D eigenvalue weighted by atomic mass is 10.0.